The van der Waals surface area contributed by atoms with Crippen molar-refractivity contribution in [3.63, 3.8) is 0 Å². The molecule has 0 saturated carbocycles. The SMILES string of the molecule is O=C1O[C@@H](c2ccccc2)[C@@H](c2ccccc2)N2[C@@H](c3ccc(OCCO)cc3)[C@]3(C(=O)N(C(=O)OCc4ccc([N+](=O)[O-])cc4)c4ccc(C#CCCO)cc43)[C@@H](C(=O)N3CCCCCCC3)[C@H]12. The number of benzene rings is 5. The molecule has 3 saturated heterocycles. The van der Waals surface area contributed by atoms with Crippen LogP contribution in [-0.4, -0.2) is 87.8 Å². The predicted octanol–water partition coefficient (Wildman–Crippen LogP) is 7.49. The van der Waals surface area contributed by atoms with Gasteiger partial charge in [0.2, 0.25) is 11.8 Å². The Kier molecular flexibility index (Phi) is 13.9. The molecule has 0 radical (unpaired) electrons. The molecule has 354 valence electrons. The van der Waals surface area contributed by atoms with Gasteiger partial charge in [-0.1, -0.05) is 104 Å². The highest BCUT2D eigenvalue weighted by molar-refractivity contribution is 6.23. The van der Waals surface area contributed by atoms with Gasteiger partial charge in [0.25, 0.3) is 5.69 Å². The van der Waals surface area contributed by atoms with Crippen molar-refractivity contribution in [3.05, 3.63) is 171 Å². The fraction of sp³-hybridized carbons (Fsp3) is 0.333. The Bertz CT molecular complexity index is 2750. The maximum absolute atomic E-state index is 16.6. The van der Waals surface area contributed by atoms with Crippen molar-refractivity contribution in [3.8, 4) is 17.6 Å². The molecule has 0 aliphatic carbocycles. The number of imide groups is 1. The quantitative estimate of drug-likeness (QED) is 0.0576. The molecule has 4 aliphatic rings. The summed E-state index contributed by atoms with van der Waals surface area (Å²) < 4.78 is 18.3. The minimum absolute atomic E-state index is 0.0247. The summed E-state index contributed by atoms with van der Waals surface area (Å²) in [5.41, 5.74) is 1.05. The normalized spacial score (nSPS) is 23.2. The second-order valence-electron chi connectivity index (χ2n) is 17.6. The standard InChI is InChI=1S/C54H52N4O11/c59-31-13-10-14-36-21-28-44-43(34-36)54(52(63)56(44)53(64)68-35-37-19-24-41(25-20-37)58(65)66)45(50(61)55-29-11-2-1-3-12-30-55)47-51(62)69-48(39-17-8-5-9-18-39)46(38-15-6-4-7-16-38)57(47)49(54)40-22-26-42(27-23-40)67-33-32-60/h4-9,15-28,34,45-49,59-60H,1-3,11-13,29-33,35H2/t45-,46-,47-,48+,49+,54-/m1/s1. The number of esters is 1. The van der Waals surface area contributed by atoms with Crippen LogP contribution in [0.25, 0.3) is 0 Å². The number of carbonyl (C=O) groups excluding carboxylic acids is 4. The predicted molar refractivity (Wildman–Crippen MR) is 252 cm³/mol. The van der Waals surface area contributed by atoms with Crippen LogP contribution in [0.15, 0.2) is 127 Å². The Balaban J connectivity index is 1.31. The average molecular weight is 933 g/mol. The number of ether oxygens (including phenoxy) is 3. The van der Waals surface area contributed by atoms with Gasteiger partial charge < -0.3 is 29.3 Å². The van der Waals surface area contributed by atoms with Gasteiger partial charge in [0.05, 0.1) is 41.8 Å². The van der Waals surface area contributed by atoms with Gasteiger partial charge in [0, 0.05) is 37.2 Å². The maximum atomic E-state index is 16.6. The van der Waals surface area contributed by atoms with Gasteiger partial charge in [0.15, 0.2) is 0 Å². The van der Waals surface area contributed by atoms with E-state index in [2.05, 4.69) is 11.8 Å². The van der Waals surface area contributed by atoms with Gasteiger partial charge >= 0.3 is 12.1 Å². The molecular weight excluding hydrogens is 881 g/mol. The van der Waals surface area contributed by atoms with E-state index in [0.717, 1.165) is 29.7 Å². The third-order valence-corrected chi connectivity index (χ3v) is 13.6. The van der Waals surface area contributed by atoms with Crippen molar-refractivity contribution in [1.82, 2.24) is 9.80 Å². The summed E-state index contributed by atoms with van der Waals surface area (Å²) in [7, 11) is 0. The number of morpholine rings is 1. The molecule has 6 atom stereocenters. The Labute approximate surface area is 399 Å². The molecule has 3 amide bonds. The van der Waals surface area contributed by atoms with E-state index < -0.39 is 64.4 Å². The van der Waals surface area contributed by atoms with Gasteiger partial charge in [-0.2, -0.15) is 0 Å². The zero-order valence-corrected chi connectivity index (χ0v) is 37.9. The summed E-state index contributed by atoms with van der Waals surface area (Å²) in [6, 6.07) is 33.0. The zero-order chi connectivity index (χ0) is 48.1. The second kappa shape index (κ2) is 20.5. The third-order valence-electron chi connectivity index (χ3n) is 13.6. The van der Waals surface area contributed by atoms with Crippen molar-refractivity contribution >= 4 is 35.3 Å². The lowest BCUT2D eigenvalue weighted by molar-refractivity contribution is -0.384. The molecule has 2 N–H and O–H groups in total. The number of nitro benzene ring substituents is 1. The van der Waals surface area contributed by atoms with Crippen molar-refractivity contribution < 1.29 is 48.5 Å². The van der Waals surface area contributed by atoms with Crippen LogP contribution in [0.2, 0.25) is 0 Å². The first-order valence-corrected chi connectivity index (χ1v) is 23.4. The zero-order valence-electron chi connectivity index (χ0n) is 37.9. The summed E-state index contributed by atoms with van der Waals surface area (Å²) >= 11 is 0. The number of amides is 3. The lowest BCUT2D eigenvalue weighted by atomic mass is 9.64. The highest BCUT2D eigenvalue weighted by atomic mass is 16.6. The molecule has 1 spiro atoms. The van der Waals surface area contributed by atoms with E-state index in [-0.39, 0.29) is 49.8 Å². The topological polar surface area (TPSA) is 189 Å². The molecule has 4 aliphatic heterocycles. The first-order valence-electron chi connectivity index (χ1n) is 23.4. The minimum Gasteiger partial charge on any atom is -0.491 e. The Morgan fingerprint density at radius 3 is 2.10 bits per heavy atom. The van der Waals surface area contributed by atoms with Crippen molar-refractivity contribution in [2.24, 2.45) is 5.92 Å². The first-order chi connectivity index (χ1) is 33.7. The summed E-state index contributed by atoms with van der Waals surface area (Å²) in [6.07, 6.45) is 2.40. The van der Waals surface area contributed by atoms with Crippen LogP contribution in [0.4, 0.5) is 16.2 Å². The monoisotopic (exact) mass is 932 g/mol. The fourth-order valence-corrected chi connectivity index (χ4v) is 10.7. The van der Waals surface area contributed by atoms with E-state index in [0.29, 0.717) is 53.9 Å². The largest absolute Gasteiger partial charge is 0.491 e. The number of non-ortho nitro benzene ring substituents is 1. The number of carbonyl (C=O) groups is 4. The maximum Gasteiger partial charge on any atom is 0.421 e. The lowest BCUT2D eigenvalue weighted by Gasteiger charge is -2.46. The Hall–Kier alpha value is -7.38. The summed E-state index contributed by atoms with van der Waals surface area (Å²) in [5, 5.41) is 30.7. The molecule has 69 heavy (non-hydrogen) atoms. The number of anilines is 1. The summed E-state index contributed by atoms with van der Waals surface area (Å²) in [5.74, 6) is 3.08. The van der Waals surface area contributed by atoms with Crippen molar-refractivity contribution in [1.29, 1.82) is 0 Å². The molecule has 9 rings (SSSR count). The number of cyclic esters (lactones) is 1. The first kappa shape index (κ1) is 46.7. The Morgan fingerprint density at radius 1 is 0.783 bits per heavy atom. The highest BCUT2D eigenvalue weighted by Gasteiger charge is 2.76. The van der Waals surface area contributed by atoms with Crippen LogP contribution in [0.3, 0.4) is 0 Å². The molecule has 3 fully saturated rings. The number of hydrogen-bond acceptors (Lipinski definition) is 12. The summed E-state index contributed by atoms with van der Waals surface area (Å²) in [4.78, 5) is 78.6. The number of likely N-dealkylation sites (tertiary alicyclic amines) is 1. The number of fused-ring (bicyclic) bond motifs is 3. The molecule has 5 aromatic rings. The van der Waals surface area contributed by atoms with Crippen molar-refractivity contribution in [2.45, 2.75) is 74.8 Å². The van der Waals surface area contributed by atoms with Crippen LogP contribution in [-0.2, 0) is 35.9 Å². The van der Waals surface area contributed by atoms with E-state index in [4.69, 9.17) is 14.2 Å². The number of nitrogens with zero attached hydrogens (tertiary/aromatic N) is 4. The fourth-order valence-electron chi connectivity index (χ4n) is 10.7. The van der Waals surface area contributed by atoms with E-state index in [1.54, 1.807) is 47.4 Å². The van der Waals surface area contributed by atoms with Gasteiger partial charge in [0.1, 0.15) is 36.5 Å². The molecule has 0 aromatic heterocycles. The molecule has 0 unspecified atom stereocenters. The van der Waals surface area contributed by atoms with Crippen LogP contribution in [0, 0.1) is 27.9 Å². The van der Waals surface area contributed by atoms with E-state index in [9.17, 15) is 25.1 Å². The van der Waals surface area contributed by atoms with Crippen LogP contribution < -0.4 is 9.64 Å². The molecule has 0 bridgehead atoms. The number of rotatable bonds is 11. The van der Waals surface area contributed by atoms with E-state index >= 15 is 14.4 Å². The molecule has 4 heterocycles. The molecule has 15 heteroatoms. The van der Waals surface area contributed by atoms with Gasteiger partial charge in [-0.15, -0.1) is 0 Å². The lowest BCUT2D eigenvalue weighted by Crippen LogP contribution is -2.56. The number of hydrogen-bond donors (Lipinski definition) is 2. The van der Waals surface area contributed by atoms with Crippen LogP contribution in [0.5, 0.6) is 5.75 Å². The van der Waals surface area contributed by atoms with E-state index in [1.165, 1.54) is 24.3 Å². The molecular formula is C54H52N4O11. The Morgan fingerprint density at radius 2 is 1.45 bits per heavy atom. The van der Waals surface area contributed by atoms with Crippen LogP contribution >= 0.6 is 0 Å². The van der Waals surface area contributed by atoms with Crippen LogP contribution in [0.1, 0.15) is 90.1 Å². The number of aliphatic hydroxyl groups excluding tert-OH is 2. The second-order valence-corrected chi connectivity index (χ2v) is 17.6. The third kappa shape index (κ3) is 8.83. The smallest absolute Gasteiger partial charge is 0.421 e. The van der Waals surface area contributed by atoms with Crippen molar-refractivity contribution in [2.75, 3.05) is 37.8 Å². The van der Waals surface area contributed by atoms with Gasteiger partial charge in [-0.05, 0) is 83.1 Å². The molecule has 15 nitrogen and oxygen atoms in total. The van der Waals surface area contributed by atoms with Gasteiger partial charge in [-0.3, -0.25) is 29.4 Å². The molecule has 5 aromatic carbocycles. The van der Waals surface area contributed by atoms with E-state index in [1.807, 2.05) is 65.6 Å². The minimum atomic E-state index is -2.04. The number of nitro groups is 1. The van der Waals surface area contributed by atoms with Gasteiger partial charge in [-0.25, -0.2) is 9.69 Å². The number of aliphatic hydroxyl groups is 2. The summed E-state index contributed by atoms with van der Waals surface area (Å²) in [6.45, 7) is 0.0329. The highest BCUT2D eigenvalue weighted by Crippen LogP contribution is 2.66. The average Bonchev–Trinajstić information content (AvgIpc) is 3.82.